The Balaban J connectivity index is 1.55. The number of aromatic nitrogens is 1. The van der Waals surface area contributed by atoms with Crippen molar-refractivity contribution in [3.63, 3.8) is 0 Å². The zero-order chi connectivity index (χ0) is 18.9. The Morgan fingerprint density at radius 3 is 2.19 bits per heavy atom. The molecule has 0 spiro atoms. The van der Waals surface area contributed by atoms with Crippen molar-refractivity contribution >= 4 is 0 Å². The van der Waals surface area contributed by atoms with E-state index in [0.29, 0.717) is 19.8 Å². The van der Waals surface area contributed by atoms with Gasteiger partial charge in [-0.1, -0.05) is 60.7 Å². The number of benzene rings is 2. The van der Waals surface area contributed by atoms with Gasteiger partial charge in [-0.05, 0) is 23.3 Å². The SMILES string of the molecule is Cn1cccc1CN(Cc1ccccc1)CC(O)COCc1ccccc1. The van der Waals surface area contributed by atoms with Gasteiger partial charge in [0.25, 0.3) is 0 Å². The maximum atomic E-state index is 10.5. The molecule has 1 heterocycles. The van der Waals surface area contributed by atoms with Crippen molar-refractivity contribution < 1.29 is 9.84 Å². The van der Waals surface area contributed by atoms with Gasteiger partial charge in [-0.15, -0.1) is 0 Å². The minimum atomic E-state index is -0.530. The number of rotatable bonds is 10. The van der Waals surface area contributed by atoms with E-state index < -0.39 is 6.10 Å². The molecule has 4 nitrogen and oxygen atoms in total. The first-order chi connectivity index (χ1) is 13.2. The average molecular weight is 364 g/mol. The van der Waals surface area contributed by atoms with Crippen LogP contribution in [0.3, 0.4) is 0 Å². The Hall–Kier alpha value is -2.40. The topological polar surface area (TPSA) is 37.6 Å². The third-order valence-electron chi connectivity index (χ3n) is 4.58. The van der Waals surface area contributed by atoms with E-state index in [0.717, 1.165) is 18.7 Å². The molecule has 0 saturated heterocycles. The molecule has 0 fully saturated rings. The number of hydrogen-bond donors (Lipinski definition) is 1. The molecule has 1 unspecified atom stereocenters. The quantitative estimate of drug-likeness (QED) is 0.597. The van der Waals surface area contributed by atoms with Crippen molar-refractivity contribution in [2.24, 2.45) is 7.05 Å². The van der Waals surface area contributed by atoms with Crippen LogP contribution in [-0.4, -0.2) is 33.8 Å². The third-order valence-corrected chi connectivity index (χ3v) is 4.58. The molecule has 142 valence electrons. The summed E-state index contributed by atoms with van der Waals surface area (Å²) < 4.78 is 7.83. The van der Waals surface area contributed by atoms with Crippen LogP contribution in [-0.2, 0) is 31.5 Å². The molecule has 4 heteroatoms. The van der Waals surface area contributed by atoms with Gasteiger partial charge in [0.2, 0.25) is 0 Å². The number of aryl methyl sites for hydroxylation is 1. The highest BCUT2D eigenvalue weighted by Crippen LogP contribution is 2.11. The van der Waals surface area contributed by atoms with Crippen molar-refractivity contribution in [1.29, 1.82) is 0 Å². The third kappa shape index (κ3) is 6.36. The highest BCUT2D eigenvalue weighted by atomic mass is 16.5. The Morgan fingerprint density at radius 1 is 0.889 bits per heavy atom. The van der Waals surface area contributed by atoms with E-state index in [-0.39, 0.29) is 0 Å². The monoisotopic (exact) mass is 364 g/mol. The van der Waals surface area contributed by atoms with E-state index in [1.54, 1.807) is 0 Å². The Labute approximate surface area is 161 Å². The van der Waals surface area contributed by atoms with Gasteiger partial charge in [-0.3, -0.25) is 4.90 Å². The Morgan fingerprint density at radius 2 is 1.56 bits per heavy atom. The first-order valence-electron chi connectivity index (χ1n) is 9.37. The molecule has 1 N–H and O–H groups in total. The van der Waals surface area contributed by atoms with Crippen LogP contribution < -0.4 is 0 Å². The molecule has 0 saturated carbocycles. The van der Waals surface area contributed by atoms with Crippen LogP contribution in [0.1, 0.15) is 16.8 Å². The lowest BCUT2D eigenvalue weighted by molar-refractivity contribution is 0.00681. The molecule has 0 aliphatic rings. The zero-order valence-electron chi connectivity index (χ0n) is 15.9. The lowest BCUT2D eigenvalue weighted by atomic mass is 10.2. The maximum Gasteiger partial charge on any atom is 0.0900 e. The van der Waals surface area contributed by atoms with Gasteiger partial charge in [0, 0.05) is 38.6 Å². The Bertz CT molecular complexity index is 786. The largest absolute Gasteiger partial charge is 0.389 e. The van der Waals surface area contributed by atoms with E-state index in [4.69, 9.17) is 4.74 Å². The van der Waals surface area contributed by atoms with Gasteiger partial charge in [0.05, 0.1) is 19.3 Å². The molecule has 0 aliphatic heterocycles. The Kier molecular flexibility index (Phi) is 7.22. The van der Waals surface area contributed by atoms with Crippen molar-refractivity contribution in [2.75, 3.05) is 13.2 Å². The van der Waals surface area contributed by atoms with Crippen molar-refractivity contribution in [1.82, 2.24) is 9.47 Å². The van der Waals surface area contributed by atoms with Crippen molar-refractivity contribution in [3.8, 4) is 0 Å². The van der Waals surface area contributed by atoms with Crippen LogP contribution in [0.5, 0.6) is 0 Å². The smallest absolute Gasteiger partial charge is 0.0900 e. The predicted octanol–water partition coefficient (Wildman–Crippen LogP) is 3.61. The summed E-state index contributed by atoms with van der Waals surface area (Å²) in [7, 11) is 2.05. The van der Waals surface area contributed by atoms with Gasteiger partial charge in [0.15, 0.2) is 0 Å². The van der Waals surface area contributed by atoms with Crippen LogP contribution in [0.2, 0.25) is 0 Å². The predicted molar refractivity (Wildman–Crippen MR) is 108 cm³/mol. The minimum absolute atomic E-state index is 0.327. The second kappa shape index (κ2) is 10.1. The van der Waals surface area contributed by atoms with Crippen LogP contribution in [0.25, 0.3) is 0 Å². The number of aliphatic hydroxyl groups excluding tert-OH is 1. The highest BCUT2D eigenvalue weighted by molar-refractivity contribution is 5.15. The van der Waals surface area contributed by atoms with Crippen molar-refractivity contribution in [2.45, 2.75) is 25.8 Å². The number of ether oxygens (including phenoxy) is 1. The maximum absolute atomic E-state index is 10.5. The van der Waals surface area contributed by atoms with Crippen LogP contribution in [0.4, 0.5) is 0 Å². The second-order valence-electron chi connectivity index (χ2n) is 6.92. The zero-order valence-corrected chi connectivity index (χ0v) is 15.9. The molecule has 3 rings (SSSR count). The fourth-order valence-electron chi connectivity index (χ4n) is 3.15. The number of nitrogens with zero attached hydrogens (tertiary/aromatic N) is 2. The summed E-state index contributed by atoms with van der Waals surface area (Å²) in [5.74, 6) is 0. The van der Waals surface area contributed by atoms with Crippen LogP contribution in [0, 0.1) is 0 Å². The first-order valence-corrected chi connectivity index (χ1v) is 9.37. The van der Waals surface area contributed by atoms with E-state index in [1.807, 2.05) is 36.4 Å². The van der Waals surface area contributed by atoms with Crippen LogP contribution in [0.15, 0.2) is 79.0 Å². The van der Waals surface area contributed by atoms with Gasteiger partial charge >= 0.3 is 0 Å². The standard InChI is InChI=1S/C23H28N2O2/c1-24-14-8-13-22(24)16-25(15-20-9-4-2-5-10-20)17-23(26)19-27-18-21-11-6-3-7-12-21/h2-14,23,26H,15-19H2,1H3. The molecule has 27 heavy (non-hydrogen) atoms. The van der Waals surface area contributed by atoms with E-state index in [2.05, 4.69) is 59.1 Å². The first kappa shape index (κ1) is 19.4. The molecule has 2 aromatic carbocycles. The fourth-order valence-corrected chi connectivity index (χ4v) is 3.15. The number of aliphatic hydroxyl groups is 1. The molecule has 0 radical (unpaired) electrons. The summed E-state index contributed by atoms with van der Waals surface area (Å²) in [6.45, 7) is 2.99. The molecular weight excluding hydrogens is 336 g/mol. The van der Waals surface area contributed by atoms with E-state index >= 15 is 0 Å². The van der Waals surface area contributed by atoms with Gasteiger partial charge in [0.1, 0.15) is 0 Å². The molecule has 0 bridgehead atoms. The van der Waals surface area contributed by atoms with Crippen LogP contribution >= 0.6 is 0 Å². The lowest BCUT2D eigenvalue weighted by Gasteiger charge is -2.25. The average Bonchev–Trinajstić information content (AvgIpc) is 3.08. The summed E-state index contributed by atoms with van der Waals surface area (Å²) in [6.07, 6.45) is 1.52. The van der Waals surface area contributed by atoms with Crippen molar-refractivity contribution in [3.05, 3.63) is 95.8 Å². The molecule has 3 aromatic rings. The summed E-state index contributed by atoms with van der Waals surface area (Å²) in [5.41, 5.74) is 3.59. The normalized spacial score (nSPS) is 12.4. The summed E-state index contributed by atoms with van der Waals surface area (Å²) >= 11 is 0. The van der Waals surface area contributed by atoms with E-state index in [9.17, 15) is 5.11 Å². The summed E-state index contributed by atoms with van der Waals surface area (Å²) in [6, 6.07) is 24.6. The second-order valence-corrected chi connectivity index (χ2v) is 6.92. The molecule has 1 aromatic heterocycles. The van der Waals surface area contributed by atoms with Gasteiger partial charge in [-0.2, -0.15) is 0 Å². The number of hydrogen-bond acceptors (Lipinski definition) is 3. The molecule has 1 atom stereocenters. The van der Waals surface area contributed by atoms with E-state index in [1.165, 1.54) is 11.3 Å². The molecular formula is C23H28N2O2. The van der Waals surface area contributed by atoms with Gasteiger partial charge in [-0.25, -0.2) is 0 Å². The summed E-state index contributed by atoms with van der Waals surface area (Å²) in [5, 5.41) is 10.5. The lowest BCUT2D eigenvalue weighted by Crippen LogP contribution is -2.34. The molecule has 0 amide bonds. The fraction of sp³-hybridized carbons (Fsp3) is 0.304. The highest BCUT2D eigenvalue weighted by Gasteiger charge is 2.14. The minimum Gasteiger partial charge on any atom is -0.389 e. The van der Waals surface area contributed by atoms with Gasteiger partial charge < -0.3 is 14.4 Å². The summed E-state index contributed by atoms with van der Waals surface area (Å²) in [4.78, 5) is 2.27. The molecule has 0 aliphatic carbocycles.